The van der Waals surface area contributed by atoms with Crippen molar-refractivity contribution in [2.24, 2.45) is 23.0 Å². The maximum Gasteiger partial charge on any atom is 0.162 e. The summed E-state index contributed by atoms with van der Waals surface area (Å²) in [6.45, 7) is 12.6. The molecular formula is C40H58N2O5. The summed E-state index contributed by atoms with van der Waals surface area (Å²) in [5.74, 6) is -0.577. The van der Waals surface area contributed by atoms with E-state index in [2.05, 4.69) is 31.8 Å². The first-order chi connectivity index (χ1) is 22.4. The SMILES string of the molecule is C=C(C=CC=C(CO)[C@@H]1CC[C@@]2([C@H](CCCO)C(=C(C)C(=O)Cc3cccc4c3CCN[C@H]4N)CC[C@@]2(C)O)[C@@H]1O)CCC=C(C)C. The molecule has 0 saturated heterocycles. The minimum absolute atomic E-state index is 0.0109. The molecule has 4 rings (SSSR count). The van der Waals surface area contributed by atoms with Gasteiger partial charge in [-0.25, -0.2) is 0 Å². The van der Waals surface area contributed by atoms with E-state index < -0.39 is 17.1 Å². The van der Waals surface area contributed by atoms with Gasteiger partial charge < -0.3 is 26.2 Å². The first kappa shape index (κ1) is 37.2. The van der Waals surface area contributed by atoms with E-state index in [-0.39, 0.29) is 43.4 Å². The summed E-state index contributed by atoms with van der Waals surface area (Å²) in [7, 11) is 0. The average molecular weight is 647 g/mol. The van der Waals surface area contributed by atoms with Crippen LogP contribution < -0.4 is 11.1 Å². The van der Waals surface area contributed by atoms with Crippen LogP contribution in [0.1, 0.15) is 102 Å². The highest BCUT2D eigenvalue weighted by atomic mass is 16.3. The second kappa shape index (κ2) is 16.2. The smallest absolute Gasteiger partial charge is 0.162 e. The zero-order valence-corrected chi connectivity index (χ0v) is 29.0. The topological polar surface area (TPSA) is 136 Å². The highest BCUT2D eigenvalue weighted by Crippen LogP contribution is 2.63. The van der Waals surface area contributed by atoms with Gasteiger partial charge in [0.05, 0.1) is 24.5 Å². The van der Waals surface area contributed by atoms with Crippen LogP contribution in [-0.2, 0) is 17.6 Å². The zero-order chi connectivity index (χ0) is 34.4. The predicted octanol–water partition coefficient (Wildman–Crippen LogP) is 5.69. The van der Waals surface area contributed by atoms with Crippen LogP contribution >= 0.6 is 0 Å². The van der Waals surface area contributed by atoms with Crippen molar-refractivity contribution in [1.82, 2.24) is 5.32 Å². The molecule has 1 spiro atoms. The van der Waals surface area contributed by atoms with Gasteiger partial charge in [0, 0.05) is 30.9 Å². The fourth-order valence-electron chi connectivity index (χ4n) is 8.66. The van der Waals surface area contributed by atoms with E-state index in [1.165, 1.54) is 5.57 Å². The molecule has 7 nitrogen and oxygen atoms in total. The average Bonchev–Trinajstić information content (AvgIpc) is 3.37. The number of carbonyl (C=O) groups is 1. The summed E-state index contributed by atoms with van der Waals surface area (Å²) in [4.78, 5) is 14.0. The van der Waals surface area contributed by atoms with Gasteiger partial charge in [-0.2, -0.15) is 0 Å². The molecule has 2 aliphatic carbocycles. The number of rotatable bonds is 13. The predicted molar refractivity (Wildman–Crippen MR) is 189 cm³/mol. The number of nitrogens with two attached hydrogens (primary N) is 1. The third kappa shape index (κ3) is 7.98. The second-order valence-corrected chi connectivity index (χ2v) is 14.5. The molecular weight excluding hydrogens is 588 g/mol. The van der Waals surface area contributed by atoms with Crippen LogP contribution in [0.15, 0.2) is 76.9 Å². The standard InChI is InChI=1S/C40H58N2O5/c1-26(2)10-6-11-27(3)12-7-14-30(25-44)33-18-21-40(37(33)46)35(16-9-23-43)31(17-20-39(40,5)47)28(4)36(45)24-29-13-8-15-34-32(29)19-22-42-38(34)41/h7-8,10,12-15,33,35,37-38,42-44,46-47H,3,6,9,11,16-25,41H2,1-2,4-5H3/t33-,35+,37+,38+,39+,40+/m0/s1. The van der Waals surface area contributed by atoms with Crippen LogP contribution in [0.25, 0.3) is 0 Å². The van der Waals surface area contributed by atoms with Gasteiger partial charge in [-0.3, -0.25) is 10.1 Å². The number of ketones is 1. The molecule has 1 aliphatic heterocycles. The summed E-state index contributed by atoms with van der Waals surface area (Å²) in [5, 5.41) is 47.9. The summed E-state index contributed by atoms with van der Waals surface area (Å²) in [6.07, 6.45) is 12.8. The summed E-state index contributed by atoms with van der Waals surface area (Å²) < 4.78 is 0. The molecule has 7 heteroatoms. The van der Waals surface area contributed by atoms with Gasteiger partial charge >= 0.3 is 0 Å². The number of benzene rings is 1. The van der Waals surface area contributed by atoms with Gasteiger partial charge in [0.25, 0.3) is 0 Å². The molecule has 258 valence electrons. The van der Waals surface area contributed by atoms with E-state index >= 15 is 0 Å². The Labute approximate surface area is 282 Å². The lowest BCUT2D eigenvalue weighted by Gasteiger charge is -2.55. The van der Waals surface area contributed by atoms with Crippen LogP contribution in [0.3, 0.4) is 0 Å². The maximum atomic E-state index is 14.0. The lowest BCUT2D eigenvalue weighted by atomic mass is 9.52. The normalized spacial score (nSPS) is 30.4. The molecule has 2 saturated carbocycles. The molecule has 47 heavy (non-hydrogen) atoms. The molecule has 0 amide bonds. The maximum absolute atomic E-state index is 14.0. The number of aliphatic hydroxyl groups excluding tert-OH is 3. The zero-order valence-electron chi connectivity index (χ0n) is 29.0. The number of allylic oxidation sites excluding steroid dienone is 8. The number of hydrogen-bond donors (Lipinski definition) is 6. The van der Waals surface area contributed by atoms with E-state index in [4.69, 9.17) is 5.73 Å². The van der Waals surface area contributed by atoms with E-state index in [9.17, 15) is 25.2 Å². The lowest BCUT2D eigenvalue weighted by molar-refractivity contribution is -0.167. The number of Topliss-reactive ketones (excluding diaryl/α,β-unsaturated/α-hetero) is 1. The Morgan fingerprint density at radius 1 is 1.17 bits per heavy atom. The van der Waals surface area contributed by atoms with Crippen molar-refractivity contribution in [2.75, 3.05) is 19.8 Å². The Bertz CT molecular complexity index is 1420. The highest BCUT2D eigenvalue weighted by Gasteiger charge is 2.64. The minimum Gasteiger partial charge on any atom is -0.396 e. The van der Waals surface area contributed by atoms with Crippen molar-refractivity contribution in [3.05, 3.63) is 93.6 Å². The van der Waals surface area contributed by atoms with Gasteiger partial charge in [-0.15, -0.1) is 0 Å². The van der Waals surface area contributed by atoms with E-state index in [0.717, 1.165) is 59.2 Å². The Morgan fingerprint density at radius 2 is 1.94 bits per heavy atom. The van der Waals surface area contributed by atoms with Crippen molar-refractivity contribution >= 4 is 5.78 Å². The lowest BCUT2D eigenvalue weighted by Crippen LogP contribution is -2.59. The van der Waals surface area contributed by atoms with Gasteiger partial charge in [0.15, 0.2) is 5.78 Å². The van der Waals surface area contributed by atoms with Crippen LogP contribution in [0, 0.1) is 17.3 Å². The van der Waals surface area contributed by atoms with Crippen molar-refractivity contribution in [1.29, 1.82) is 0 Å². The van der Waals surface area contributed by atoms with E-state index in [0.29, 0.717) is 44.1 Å². The van der Waals surface area contributed by atoms with Gasteiger partial charge in [0.2, 0.25) is 0 Å². The third-order valence-electron chi connectivity index (χ3n) is 11.3. The Hall–Kier alpha value is -2.65. The molecule has 3 aliphatic rings. The van der Waals surface area contributed by atoms with Crippen molar-refractivity contribution < 1.29 is 25.2 Å². The molecule has 6 atom stereocenters. The third-order valence-corrected chi connectivity index (χ3v) is 11.3. The van der Waals surface area contributed by atoms with Crippen molar-refractivity contribution in [3.63, 3.8) is 0 Å². The largest absolute Gasteiger partial charge is 0.396 e. The fraction of sp³-hybridized carbons (Fsp3) is 0.575. The molecule has 0 radical (unpaired) electrons. The summed E-state index contributed by atoms with van der Waals surface area (Å²) in [5.41, 5.74) is 12.1. The Kier molecular flexibility index (Phi) is 12.8. The molecule has 1 heterocycles. The molecule has 0 aromatic heterocycles. The van der Waals surface area contributed by atoms with Crippen LogP contribution in [0.4, 0.5) is 0 Å². The quantitative estimate of drug-likeness (QED) is 0.0921. The first-order valence-corrected chi connectivity index (χ1v) is 17.5. The van der Waals surface area contributed by atoms with E-state index in [1.807, 2.05) is 50.3 Å². The first-order valence-electron chi connectivity index (χ1n) is 17.5. The number of nitrogens with one attached hydrogen (secondary N) is 1. The molecule has 0 unspecified atom stereocenters. The summed E-state index contributed by atoms with van der Waals surface area (Å²) in [6, 6.07) is 6.00. The molecule has 1 aromatic rings. The Balaban J connectivity index is 1.64. The van der Waals surface area contributed by atoms with Crippen LogP contribution in [-0.4, -0.2) is 57.7 Å². The molecule has 7 N–H and O–H groups in total. The van der Waals surface area contributed by atoms with Crippen LogP contribution in [0.5, 0.6) is 0 Å². The minimum atomic E-state index is -1.19. The number of carbonyl (C=O) groups excluding carboxylic acids is 1. The Morgan fingerprint density at radius 3 is 2.64 bits per heavy atom. The number of hydrogen-bond acceptors (Lipinski definition) is 7. The highest BCUT2D eigenvalue weighted by molar-refractivity contribution is 5.97. The summed E-state index contributed by atoms with van der Waals surface area (Å²) >= 11 is 0. The molecule has 0 bridgehead atoms. The van der Waals surface area contributed by atoms with Gasteiger partial charge in [-0.05, 0) is 119 Å². The number of aliphatic hydroxyl groups is 4. The van der Waals surface area contributed by atoms with Crippen LogP contribution in [0.2, 0.25) is 0 Å². The van der Waals surface area contributed by atoms with Crippen molar-refractivity contribution in [3.8, 4) is 0 Å². The fourth-order valence-corrected chi connectivity index (χ4v) is 8.66. The monoisotopic (exact) mass is 646 g/mol. The number of fused-ring (bicyclic) bond motifs is 1. The molecule has 2 fully saturated rings. The second-order valence-electron chi connectivity index (χ2n) is 14.5. The molecule has 1 aromatic carbocycles. The van der Waals surface area contributed by atoms with Gasteiger partial charge in [0.1, 0.15) is 0 Å². The van der Waals surface area contributed by atoms with Crippen molar-refractivity contribution in [2.45, 2.75) is 110 Å². The van der Waals surface area contributed by atoms with E-state index in [1.54, 1.807) is 0 Å². The van der Waals surface area contributed by atoms with Gasteiger partial charge in [-0.1, -0.05) is 65.8 Å².